The van der Waals surface area contributed by atoms with Crippen LogP contribution in [0.1, 0.15) is 36.8 Å². The fraction of sp³-hybridized carbons (Fsp3) is 0.250. The number of aryl methyl sites for hydroxylation is 1. The van der Waals surface area contributed by atoms with Gasteiger partial charge in [-0.1, -0.05) is 73.2 Å². The van der Waals surface area contributed by atoms with Crippen LogP contribution in [-0.2, 0) is 5.75 Å². The fourth-order valence-electron chi connectivity index (χ4n) is 2.80. The van der Waals surface area contributed by atoms with E-state index in [9.17, 15) is 0 Å². The van der Waals surface area contributed by atoms with Crippen LogP contribution >= 0.6 is 11.8 Å². The van der Waals surface area contributed by atoms with E-state index in [2.05, 4.69) is 51.6 Å². The van der Waals surface area contributed by atoms with Crippen LogP contribution in [0.15, 0.2) is 58.2 Å². The van der Waals surface area contributed by atoms with Crippen LogP contribution in [0.5, 0.6) is 0 Å². The highest BCUT2D eigenvalue weighted by molar-refractivity contribution is 7.98. The minimum Gasteiger partial charge on any atom is -0.338 e. The second-order valence-electron chi connectivity index (χ2n) is 6.74. The predicted octanol–water partition coefficient (Wildman–Crippen LogP) is 4.44. The zero-order valence-electron chi connectivity index (χ0n) is 15.9. The van der Waals surface area contributed by atoms with E-state index in [1.54, 1.807) is 4.68 Å². The molecule has 7 nitrogen and oxygen atoms in total. The third-order valence-corrected chi connectivity index (χ3v) is 5.32. The van der Waals surface area contributed by atoms with Gasteiger partial charge in [-0.25, -0.2) is 0 Å². The van der Waals surface area contributed by atoms with E-state index in [-0.39, 0.29) is 0 Å². The molecule has 4 aromatic rings. The lowest BCUT2D eigenvalue weighted by atomic mass is 10.0. The van der Waals surface area contributed by atoms with Crippen molar-refractivity contribution < 1.29 is 4.52 Å². The SMILES string of the molecule is Cc1ccccc1-n1nnnc1SCc1nc(-c2ccc(C(C)C)cc2)no1. The lowest BCUT2D eigenvalue weighted by Crippen LogP contribution is -2.01. The van der Waals surface area contributed by atoms with Gasteiger partial charge in [0.2, 0.25) is 16.9 Å². The standard InChI is InChI=1S/C20H20N6OS/c1-13(2)15-8-10-16(11-9-15)19-21-18(27-23-19)12-28-20-22-24-25-26(20)17-7-5-4-6-14(17)3/h4-11,13H,12H2,1-3H3. The van der Waals surface area contributed by atoms with Crippen LogP contribution in [0.2, 0.25) is 0 Å². The molecule has 0 aliphatic carbocycles. The summed E-state index contributed by atoms with van der Waals surface area (Å²) in [4.78, 5) is 4.50. The number of rotatable bonds is 6. The Morgan fingerprint density at radius 1 is 1.07 bits per heavy atom. The van der Waals surface area contributed by atoms with Crippen molar-refractivity contribution in [3.05, 3.63) is 65.5 Å². The highest BCUT2D eigenvalue weighted by Crippen LogP contribution is 2.25. The van der Waals surface area contributed by atoms with Gasteiger partial charge in [0.05, 0.1) is 11.4 Å². The molecule has 0 fully saturated rings. The molecule has 142 valence electrons. The first-order chi connectivity index (χ1) is 13.6. The largest absolute Gasteiger partial charge is 0.338 e. The topological polar surface area (TPSA) is 82.5 Å². The molecule has 0 unspecified atom stereocenters. The maximum atomic E-state index is 5.40. The Kier molecular flexibility index (Phi) is 5.21. The van der Waals surface area contributed by atoms with Gasteiger partial charge in [0.1, 0.15) is 0 Å². The molecule has 0 saturated carbocycles. The number of thioether (sulfide) groups is 1. The van der Waals surface area contributed by atoms with Gasteiger partial charge in [-0.05, 0) is 40.5 Å². The van der Waals surface area contributed by atoms with Gasteiger partial charge in [0.15, 0.2) is 0 Å². The van der Waals surface area contributed by atoms with Crippen molar-refractivity contribution in [2.24, 2.45) is 0 Å². The molecule has 2 aromatic heterocycles. The van der Waals surface area contributed by atoms with Crippen LogP contribution in [0.4, 0.5) is 0 Å². The van der Waals surface area contributed by atoms with E-state index >= 15 is 0 Å². The van der Waals surface area contributed by atoms with E-state index in [1.165, 1.54) is 17.3 Å². The van der Waals surface area contributed by atoms with E-state index in [0.717, 1.165) is 16.8 Å². The first kappa shape index (κ1) is 18.4. The zero-order valence-corrected chi connectivity index (χ0v) is 16.7. The number of benzene rings is 2. The Bertz CT molecular complexity index is 1070. The van der Waals surface area contributed by atoms with Crippen LogP contribution < -0.4 is 0 Å². The van der Waals surface area contributed by atoms with Crippen molar-refractivity contribution in [2.45, 2.75) is 37.6 Å². The van der Waals surface area contributed by atoms with Crippen LogP contribution in [-0.4, -0.2) is 30.3 Å². The summed E-state index contributed by atoms with van der Waals surface area (Å²) in [5, 5.41) is 16.8. The monoisotopic (exact) mass is 392 g/mol. The average Bonchev–Trinajstić information content (AvgIpc) is 3.36. The van der Waals surface area contributed by atoms with Crippen molar-refractivity contribution in [1.82, 2.24) is 30.3 Å². The summed E-state index contributed by atoms with van der Waals surface area (Å²) < 4.78 is 7.13. The number of hydrogen-bond donors (Lipinski definition) is 0. The first-order valence-corrected chi connectivity index (χ1v) is 10.0. The normalized spacial score (nSPS) is 11.3. The van der Waals surface area contributed by atoms with Crippen LogP contribution in [0, 0.1) is 6.92 Å². The summed E-state index contributed by atoms with van der Waals surface area (Å²) in [6, 6.07) is 16.2. The second kappa shape index (κ2) is 7.93. The van der Waals surface area contributed by atoms with Crippen LogP contribution in [0.3, 0.4) is 0 Å². The lowest BCUT2D eigenvalue weighted by molar-refractivity contribution is 0.391. The molecule has 2 heterocycles. The van der Waals surface area contributed by atoms with Gasteiger partial charge in [0.25, 0.3) is 0 Å². The third kappa shape index (κ3) is 3.82. The summed E-state index contributed by atoms with van der Waals surface area (Å²) in [7, 11) is 0. The van der Waals surface area contributed by atoms with Gasteiger partial charge in [-0.15, -0.1) is 5.10 Å². The van der Waals surface area contributed by atoms with Crippen molar-refractivity contribution >= 4 is 11.8 Å². The van der Waals surface area contributed by atoms with E-state index in [4.69, 9.17) is 4.52 Å². The average molecular weight is 392 g/mol. The molecule has 0 atom stereocenters. The van der Waals surface area contributed by atoms with Gasteiger partial charge in [0, 0.05) is 5.56 Å². The molecule has 0 aliphatic rings. The van der Waals surface area contributed by atoms with Gasteiger partial charge >= 0.3 is 0 Å². The molecule has 8 heteroatoms. The summed E-state index contributed by atoms with van der Waals surface area (Å²) in [5.74, 6) is 2.10. The zero-order chi connectivity index (χ0) is 19.5. The molecule has 28 heavy (non-hydrogen) atoms. The smallest absolute Gasteiger partial charge is 0.237 e. The minimum atomic E-state index is 0.489. The number of aromatic nitrogens is 6. The molecule has 0 bridgehead atoms. The second-order valence-corrected chi connectivity index (χ2v) is 7.68. The van der Waals surface area contributed by atoms with Crippen molar-refractivity contribution in [3.8, 4) is 17.1 Å². The quantitative estimate of drug-likeness (QED) is 0.449. The minimum absolute atomic E-state index is 0.489. The van der Waals surface area contributed by atoms with Crippen molar-refractivity contribution in [3.63, 3.8) is 0 Å². The fourth-order valence-corrected chi connectivity index (χ4v) is 3.52. The number of para-hydroxylation sites is 1. The van der Waals surface area contributed by atoms with Crippen molar-refractivity contribution in [2.75, 3.05) is 0 Å². The molecule has 0 N–H and O–H groups in total. The Morgan fingerprint density at radius 2 is 1.86 bits per heavy atom. The molecule has 4 rings (SSSR count). The molecule has 0 radical (unpaired) electrons. The highest BCUT2D eigenvalue weighted by Gasteiger charge is 2.14. The third-order valence-electron chi connectivity index (χ3n) is 4.41. The number of nitrogens with zero attached hydrogens (tertiary/aromatic N) is 6. The molecule has 0 saturated heterocycles. The Balaban J connectivity index is 1.47. The summed E-state index contributed by atoms with van der Waals surface area (Å²) in [6.07, 6.45) is 0. The van der Waals surface area contributed by atoms with Gasteiger partial charge in [-0.3, -0.25) is 0 Å². The molecular weight excluding hydrogens is 372 g/mol. The summed E-state index contributed by atoms with van der Waals surface area (Å²) >= 11 is 1.46. The Hall–Kier alpha value is -3.00. The lowest BCUT2D eigenvalue weighted by Gasteiger charge is -2.06. The predicted molar refractivity (Wildman–Crippen MR) is 107 cm³/mol. The highest BCUT2D eigenvalue weighted by atomic mass is 32.2. The molecule has 2 aromatic carbocycles. The van der Waals surface area contributed by atoms with Crippen LogP contribution in [0.25, 0.3) is 17.1 Å². The Morgan fingerprint density at radius 3 is 2.61 bits per heavy atom. The van der Waals surface area contributed by atoms with E-state index < -0.39 is 0 Å². The maximum Gasteiger partial charge on any atom is 0.237 e. The summed E-state index contributed by atoms with van der Waals surface area (Å²) in [6.45, 7) is 6.37. The summed E-state index contributed by atoms with van der Waals surface area (Å²) in [5.41, 5.74) is 4.27. The Labute approximate surface area is 167 Å². The van der Waals surface area contributed by atoms with Gasteiger partial charge in [-0.2, -0.15) is 9.67 Å². The molecule has 0 aliphatic heterocycles. The van der Waals surface area contributed by atoms with Crippen molar-refractivity contribution in [1.29, 1.82) is 0 Å². The van der Waals surface area contributed by atoms with E-state index in [1.807, 2.05) is 43.3 Å². The molecular formula is C20H20N6OS. The molecule has 0 amide bonds. The van der Waals surface area contributed by atoms with E-state index in [0.29, 0.717) is 28.5 Å². The number of hydrogen-bond acceptors (Lipinski definition) is 7. The first-order valence-electron chi connectivity index (χ1n) is 9.02. The van der Waals surface area contributed by atoms with Gasteiger partial charge < -0.3 is 4.52 Å². The molecule has 0 spiro atoms. The maximum absolute atomic E-state index is 5.40. The number of tetrazole rings is 1.